The van der Waals surface area contributed by atoms with Gasteiger partial charge in [0, 0.05) is 6.61 Å². The highest BCUT2D eigenvalue weighted by atomic mass is 16.6. The van der Waals surface area contributed by atoms with E-state index in [0.717, 1.165) is 0 Å². The Morgan fingerprint density at radius 1 is 0.667 bits per heavy atom. The van der Waals surface area contributed by atoms with Crippen LogP contribution in [-0.2, 0) is 23.6 Å². The van der Waals surface area contributed by atoms with Crippen molar-refractivity contribution >= 4 is 7.32 Å². The van der Waals surface area contributed by atoms with Crippen LogP contribution in [0.2, 0.25) is 0 Å². The summed E-state index contributed by atoms with van der Waals surface area (Å²) < 4.78 is 25.1. The molecule has 0 heterocycles. The highest BCUT2D eigenvalue weighted by molar-refractivity contribution is 6.32. The normalized spacial score (nSPS) is 10.8. The highest BCUT2D eigenvalue weighted by Gasteiger charge is 2.06. The van der Waals surface area contributed by atoms with Crippen molar-refractivity contribution in [2.24, 2.45) is 0 Å². The van der Waals surface area contributed by atoms with E-state index in [-0.39, 0.29) is 6.61 Å². The predicted octanol–water partition coefficient (Wildman–Crippen LogP) is -0.941. The third-order valence-corrected chi connectivity index (χ3v) is 1.81. The van der Waals surface area contributed by atoms with E-state index in [0.29, 0.717) is 52.9 Å². The smallest absolute Gasteiger partial charge is 0.402 e. The molecule has 0 aromatic carbocycles. The first kappa shape index (κ1) is 17.8. The summed E-state index contributed by atoms with van der Waals surface area (Å²) in [5.41, 5.74) is 0. The first-order valence-corrected chi connectivity index (χ1v) is 6.06. The molecule has 0 aromatic rings. The molecule has 0 aromatic heterocycles. The topological polar surface area (TPSA) is 86.6 Å². The summed E-state index contributed by atoms with van der Waals surface area (Å²) in [6.45, 7) is 6.22. The SMILES string of the molecule is CCOCCOCCOCCOCCOB(O)O. The van der Waals surface area contributed by atoms with Crippen molar-refractivity contribution in [3.8, 4) is 0 Å². The average molecular weight is 266 g/mol. The molecule has 0 radical (unpaired) electrons. The lowest BCUT2D eigenvalue weighted by Crippen LogP contribution is -2.20. The van der Waals surface area contributed by atoms with Gasteiger partial charge in [-0.3, -0.25) is 0 Å². The van der Waals surface area contributed by atoms with Crippen LogP contribution in [0.5, 0.6) is 0 Å². The van der Waals surface area contributed by atoms with Gasteiger partial charge < -0.3 is 33.6 Å². The molecule has 18 heavy (non-hydrogen) atoms. The van der Waals surface area contributed by atoms with Crippen LogP contribution in [0.1, 0.15) is 6.92 Å². The molecule has 0 amide bonds. The molecule has 0 atom stereocenters. The first-order chi connectivity index (χ1) is 8.77. The van der Waals surface area contributed by atoms with Gasteiger partial charge in [-0.1, -0.05) is 0 Å². The lowest BCUT2D eigenvalue weighted by atomic mass is 10.3. The zero-order valence-corrected chi connectivity index (χ0v) is 10.9. The Bertz CT molecular complexity index is 159. The molecule has 8 heteroatoms. The summed E-state index contributed by atoms with van der Waals surface area (Å²) in [5.74, 6) is 0. The summed E-state index contributed by atoms with van der Waals surface area (Å²) in [7, 11) is -1.74. The van der Waals surface area contributed by atoms with E-state index in [1.54, 1.807) is 0 Å². The lowest BCUT2D eigenvalue weighted by Gasteiger charge is -2.07. The van der Waals surface area contributed by atoms with E-state index in [9.17, 15) is 0 Å². The van der Waals surface area contributed by atoms with Crippen molar-refractivity contribution in [3.05, 3.63) is 0 Å². The Labute approximate surface area is 108 Å². The van der Waals surface area contributed by atoms with Crippen LogP contribution in [0.15, 0.2) is 0 Å². The largest absolute Gasteiger partial charge is 0.633 e. The third-order valence-electron chi connectivity index (χ3n) is 1.81. The Balaban J connectivity index is 2.90. The van der Waals surface area contributed by atoms with Crippen LogP contribution in [0.3, 0.4) is 0 Å². The monoisotopic (exact) mass is 266 g/mol. The van der Waals surface area contributed by atoms with Crippen LogP contribution in [0, 0.1) is 0 Å². The highest BCUT2D eigenvalue weighted by Crippen LogP contribution is 1.83. The summed E-state index contributed by atoms with van der Waals surface area (Å²) in [6.07, 6.45) is 0. The van der Waals surface area contributed by atoms with E-state index in [2.05, 4.69) is 4.65 Å². The quantitative estimate of drug-likeness (QED) is 0.310. The fraction of sp³-hybridized carbons (Fsp3) is 1.00. The van der Waals surface area contributed by atoms with Gasteiger partial charge in [0.25, 0.3) is 0 Å². The molecule has 0 unspecified atom stereocenters. The molecule has 0 rings (SSSR count). The van der Waals surface area contributed by atoms with Crippen molar-refractivity contribution in [2.75, 3.05) is 59.5 Å². The molecule has 0 spiro atoms. The molecule has 2 N–H and O–H groups in total. The maximum Gasteiger partial charge on any atom is 0.633 e. The molecule has 7 nitrogen and oxygen atoms in total. The van der Waals surface area contributed by atoms with Crippen molar-refractivity contribution in [1.29, 1.82) is 0 Å². The Morgan fingerprint density at radius 3 is 1.44 bits per heavy atom. The Hall–Kier alpha value is -0.215. The molecule has 0 saturated carbocycles. The van der Waals surface area contributed by atoms with E-state index < -0.39 is 7.32 Å². The zero-order chi connectivity index (χ0) is 13.5. The minimum atomic E-state index is -1.74. The van der Waals surface area contributed by atoms with Crippen molar-refractivity contribution in [2.45, 2.75) is 6.92 Å². The van der Waals surface area contributed by atoms with Gasteiger partial charge in [0.1, 0.15) is 0 Å². The molecular weight excluding hydrogens is 243 g/mol. The summed E-state index contributed by atoms with van der Waals surface area (Å²) in [4.78, 5) is 0. The lowest BCUT2D eigenvalue weighted by molar-refractivity contribution is -0.00507. The van der Waals surface area contributed by atoms with Crippen molar-refractivity contribution < 1.29 is 33.6 Å². The molecular formula is C10H23BO7. The first-order valence-electron chi connectivity index (χ1n) is 6.06. The van der Waals surface area contributed by atoms with Gasteiger partial charge >= 0.3 is 7.32 Å². The molecule has 0 aliphatic rings. The third kappa shape index (κ3) is 15.8. The molecule has 0 bridgehead atoms. The summed E-state index contributed by atoms with van der Waals surface area (Å²) >= 11 is 0. The second-order valence-corrected chi connectivity index (χ2v) is 3.23. The number of hydrogen-bond donors (Lipinski definition) is 2. The second kappa shape index (κ2) is 14.8. The van der Waals surface area contributed by atoms with Crippen LogP contribution in [0.4, 0.5) is 0 Å². The number of rotatable bonds is 14. The van der Waals surface area contributed by atoms with Gasteiger partial charge in [-0.15, -0.1) is 0 Å². The number of hydrogen-bond acceptors (Lipinski definition) is 7. The van der Waals surface area contributed by atoms with Gasteiger partial charge in [-0.2, -0.15) is 0 Å². The van der Waals surface area contributed by atoms with Crippen LogP contribution < -0.4 is 0 Å². The molecule has 108 valence electrons. The Morgan fingerprint density at radius 2 is 1.06 bits per heavy atom. The zero-order valence-electron chi connectivity index (χ0n) is 10.9. The average Bonchev–Trinajstić information content (AvgIpc) is 2.34. The van der Waals surface area contributed by atoms with Crippen molar-refractivity contribution in [1.82, 2.24) is 0 Å². The summed E-state index contributed by atoms with van der Waals surface area (Å²) in [6, 6.07) is 0. The number of ether oxygens (including phenoxy) is 4. The van der Waals surface area contributed by atoms with Gasteiger partial charge in [0.05, 0.1) is 52.9 Å². The second-order valence-electron chi connectivity index (χ2n) is 3.23. The fourth-order valence-electron chi connectivity index (χ4n) is 1.02. The van der Waals surface area contributed by atoms with E-state index in [1.807, 2.05) is 6.92 Å². The fourth-order valence-corrected chi connectivity index (χ4v) is 1.02. The molecule has 0 fully saturated rings. The minimum absolute atomic E-state index is 0.137. The van der Waals surface area contributed by atoms with Crippen LogP contribution >= 0.6 is 0 Å². The van der Waals surface area contributed by atoms with Gasteiger partial charge in [0.15, 0.2) is 0 Å². The van der Waals surface area contributed by atoms with E-state index >= 15 is 0 Å². The summed E-state index contributed by atoms with van der Waals surface area (Å²) in [5, 5.41) is 16.7. The maximum atomic E-state index is 8.36. The van der Waals surface area contributed by atoms with Gasteiger partial charge in [0.2, 0.25) is 0 Å². The predicted molar refractivity (Wildman–Crippen MR) is 65.1 cm³/mol. The standard InChI is InChI=1S/C10H23BO7/c1-2-14-3-4-15-5-6-16-7-8-17-9-10-18-11(12)13/h12-13H,2-10H2,1H3. The van der Waals surface area contributed by atoms with E-state index in [1.165, 1.54) is 0 Å². The Kier molecular flexibility index (Phi) is 14.7. The molecule has 0 saturated heterocycles. The van der Waals surface area contributed by atoms with E-state index in [4.69, 9.17) is 29.0 Å². The maximum absolute atomic E-state index is 8.36. The minimum Gasteiger partial charge on any atom is -0.402 e. The van der Waals surface area contributed by atoms with Crippen molar-refractivity contribution in [3.63, 3.8) is 0 Å². The molecule has 0 aliphatic carbocycles. The van der Waals surface area contributed by atoms with Crippen LogP contribution in [0.25, 0.3) is 0 Å². The van der Waals surface area contributed by atoms with Gasteiger partial charge in [-0.05, 0) is 6.92 Å². The molecule has 0 aliphatic heterocycles. The van der Waals surface area contributed by atoms with Gasteiger partial charge in [-0.25, -0.2) is 0 Å². The van der Waals surface area contributed by atoms with Crippen LogP contribution in [-0.4, -0.2) is 76.8 Å².